The molecule has 1 aromatic heterocycles. The maximum atomic E-state index is 12.3. The Morgan fingerprint density at radius 3 is 2.83 bits per heavy atom. The minimum absolute atomic E-state index is 0.102. The number of fused-ring (bicyclic) bond motifs is 3. The maximum absolute atomic E-state index is 12.3. The van der Waals surface area contributed by atoms with Crippen molar-refractivity contribution in [2.45, 2.75) is 45.7 Å². The minimum Gasteiger partial charge on any atom is -0.316 e. The van der Waals surface area contributed by atoms with E-state index in [0.717, 1.165) is 29.5 Å². The van der Waals surface area contributed by atoms with Crippen molar-refractivity contribution in [1.82, 2.24) is 14.9 Å². The smallest absolute Gasteiger partial charge is 0.316 e. The first-order valence-corrected chi connectivity index (χ1v) is 8.04. The third-order valence-corrected chi connectivity index (χ3v) is 4.53. The number of ketones is 1. The third-order valence-electron chi connectivity index (χ3n) is 4.53. The van der Waals surface area contributed by atoms with Gasteiger partial charge in [0.15, 0.2) is 0 Å². The van der Waals surface area contributed by atoms with Crippen LogP contribution in [0.2, 0.25) is 0 Å². The lowest BCUT2D eigenvalue weighted by molar-refractivity contribution is -0.118. The van der Waals surface area contributed by atoms with Gasteiger partial charge in [0, 0.05) is 19.6 Å². The normalized spacial score (nSPS) is 17.2. The van der Waals surface area contributed by atoms with Crippen molar-refractivity contribution in [2.75, 3.05) is 6.54 Å². The summed E-state index contributed by atoms with van der Waals surface area (Å²) in [5, 5.41) is 3.25. The van der Waals surface area contributed by atoms with Crippen LogP contribution >= 0.6 is 0 Å². The Labute approximate surface area is 133 Å². The molecule has 1 aliphatic heterocycles. The fourth-order valence-corrected chi connectivity index (χ4v) is 3.32. The molecule has 0 fully saturated rings. The number of H-pyrrole nitrogens is 1. The van der Waals surface area contributed by atoms with Gasteiger partial charge in [0.25, 0.3) is 0 Å². The van der Waals surface area contributed by atoms with Crippen molar-refractivity contribution >= 4 is 16.8 Å². The van der Waals surface area contributed by atoms with Gasteiger partial charge in [-0.25, -0.2) is 0 Å². The number of rotatable bonds is 4. The molecule has 0 spiro atoms. The maximum Gasteiger partial charge on any atom is 0.316 e. The molecule has 122 valence electrons. The molecule has 2 aromatic rings. The van der Waals surface area contributed by atoms with Gasteiger partial charge < -0.3 is 14.9 Å². The number of nitrogens with one attached hydrogen (secondary N) is 2. The van der Waals surface area contributed by atoms with E-state index >= 15 is 0 Å². The topological polar surface area (TPSA) is 84.0 Å². The number of aromatic amines is 1. The summed E-state index contributed by atoms with van der Waals surface area (Å²) in [7, 11) is 0. The molecule has 0 amide bonds. The van der Waals surface area contributed by atoms with Crippen molar-refractivity contribution in [2.24, 2.45) is 0 Å². The van der Waals surface area contributed by atoms with Gasteiger partial charge in [0.05, 0.1) is 17.0 Å². The highest BCUT2D eigenvalue weighted by atomic mass is 16.2. The Balaban J connectivity index is 2.33. The lowest BCUT2D eigenvalue weighted by Crippen LogP contribution is -2.38. The van der Waals surface area contributed by atoms with E-state index in [2.05, 4.69) is 10.3 Å². The quantitative estimate of drug-likeness (QED) is 0.832. The van der Waals surface area contributed by atoms with E-state index in [1.54, 1.807) is 17.6 Å². The van der Waals surface area contributed by atoms with Crippen molar-refractivity contribution in [1.29, 1.82) is 0 Å². The van der Waals surface area contributed by atoms with Crippen LogP contribution in [0, 0.1) is 0 Å². The molecule has 0 bridgehead atoms. The molecule has 0 saturated heterocycles. The predicted molar refractivity (Wildman–Crippen MR) is 88.9 cm³/mol. The number of hydrogen-bond donors (Lipinski definition) is 2. The Morgan fingerprint density at radius 2 is 2.13 bits per heavy atom. The predicted octanol–water partition coefficient (Wildman–Crippen LogP) is 1.27. The number of carbonyl (C=O) groups excluding carboxylic acids is 1. The number of aromatic nitrogens is 2. The summed E-state index contributed by atoms with van der Waals surface area (Å²) in [6.45, 7) is 5.34. The van der Waals surface area contributed by atoms with Crippen LogP contribution in [-0.4, -0.2) is 21.9 Å². The van der Waals surface area contributed by atoms with Crippen molar-refractivity contribution < 1.29 is 4.79 Å². The lowest BCUT2D eigenvalue weighted by atomic mass is 9.87. The first-order valence-electron chi connectivity index (χ1n) is 8.04. The summed E-state index contributed by atoms with van der Waals surface area (Å²) < 4.78 is 1.57. The molecule has 1 atom stereocenters. The van der Waals surface area contributed by atoms with Gasteiger partial charge in [0.2, 0.25) is 0 Å². The monoisotopic (exact) mass is 315 g/mol. The van der Waals surface area contributed by atoms with E-state index < -0.39 is 11.1 Å². The summed E-state index contributed by atoms with van der Waals surface area (Å²) in [5.41, 5.74) is 2.18. The van der Waals surface area contributed by atoms with Gasteiger partial charge in [-0.15, -0.1) is 0 Å². The lowest BCUT2D eigenvalue weighted by Gasteiger charge is -2.26. The summed E-state index contributed by atoms with van der Waals surface area (Å²) >= 11 is 0. The van der Waals surface area contributed by atoms with Crippen LogP contribution in [0.5, 0.6) is 0 Å². The highest BCUT2D eigenvalue weighted by Crippen LogP contribution is 2.29. The first kappa shape index (κ1) is 15.7. The van der Waals surface area contributed by atoms with Gasteiger partial charge in [-0.2, -0.15) is 0 Å². The number of unbranched alkanes of at least 4 members (excludes halogenated alkanes) is 1. The number of Topliss-reactive ketones (excluding diaryl/α,β-unsaturated/α-hetero) is 1. The van der Waals surface area contributed by atoms with Crippen LogP contribution in [0.4, 0.5) is 0 Å². The molecule has 6 heteroatoms. The van der Waals surface area contributed by atoms with Crippen molar-refractivity contribution in [3.8, 4) is 0 Å². The zero-order chi connectivity index (χ0) is 16.6. The van der Waals surface area contributed by atoms with E-state index in [4.69, 9.17) is 0 Å². The van der Waals surface area contributed by atoms with E-state index in [1.165, 1.54) is 0 Å². The molecule has 0 saturated carbocycles. The van der Waals surface area contributed by atoms with E-state index in [0.29, 0.717) is 25.2 Å². The van der Waals surface area contributed by atoms with Gasteiger partial charge in [-0.1, -0.05) is 19.4 Å². The summed E-state index contributed by atoms with van der Waals surface area (Å²) in [4.78, 5) is 38.8. The average Bonchev–Trinajstić information content (AvgIpc) is 2.54. The molecular weight excluding hydrogens is 294 g/mol. The zero-order valence-electron chi connectivity index (χ0n) is 13.4. The van der Waals surface area contributed by atoms with Gasteiger partial charge >= 0.3 is 11.1 Å². The molecule has 2 heterocycles. The SMILES string of the molecule is CCCCn1c(=O)c(=O)[nH]c2ccc3c(c21)CNCC3C(C)=O. The molecular formula is C17H21N3O3. The third kappa shape index (κ3) is 2.63. The average molecular weight is 315 g/mol. The molecule has 1 aliphatic rings. The van der Waals surface area contributed by atoms with Gasteiger partial charge in [-0.05, 0) is 30.5 Å². The number of benzene rings is 1. The van der Waals surface area contributed by atoms with Crippen LogP contribution in [0.3, 0.4) is 0 Å². The van der Waals surface area contributed by atoms with Crippen molar-refractivity contribution in [3.05, 3.63) is 44.0 Å². The van der Waals surface area contributed by atoms with Crippen LogP contribution in [-0.2, 0) is 17.9 Å². The summed E-state index contributed by atoms with van der Waals surface area (Å²) in [6.07, 6.45) is 1.76. The second-order valence-electron chi connectivity index (χ2n) is 6.09. The molecule has 0 aliphatic carbocycles. The fourth-order valence-electron chi connectivity index (χ4n) is 3.32. The summed E-state index contributed by atoms with van der Waals surface area (Å²) in [5.74, 6) is -0.102. The molecule has 0 radical (unpaired) electrons. The largest absolute Gasteiger partial charge is 0.316 e. The second kappa shape index (κ2) is 6.12. The fraction of sp³-hybridized carbons (Fsp3) is 0.471. The van der Waals surface area contributed by atoms with E-state index in [1.807, 2.05) is 13.0 Å². The highest BCUT2D eigenvalue weighted by molar-refractivity contribution is 5.88. The standard InChI is InChI=1S/C17H21N3O3/c1-3-4-7-20-15-13-9-18-8-12(10(2)21)11(13)5-6-14(15)19-16(22)17(20)23/h5-6,12,18H,3-4,7-9H2,1-2H3,(H,19,22). The first-order chi connectivity index (χ1) is 11.0. The minimum atomic E-state index is -0.597. The second-order valence-corrected chi connectivity index (χ2v) is 6.09. The molecule has 1 aromatic carbocycles. The van der Waals surface area contributed by atoms with Crippen LogP contribution in [0.25, 0.3) is 11.0 Å². The Kier molecular flexibility index (Phi) is 4.17. The Hall–Kier alpha value is -2.21. The Morgan fingerprint density at radius 1 is 1.35 bits per heavy atom. The van der Waals surface area contributed by atoms with Gasteiger partial charge in [0.1, 0.15) is 5.78 Å². The number of hydrogen-bond acceptors (Lipinski definition) is 4. The molecule has 1 unspecified atom stereocenters. The highest BCUT2D eigenvalue weighted by Gasteiger charge is 2.26. The molecule has 3 rings (SSSR count). The number of aryl methyl sites for hydroxylation is 1. The van der Waals surface area contributed by atoms with Gasteiger partial charge in [-0.3, -0.25) is 14.4 Å². The number of carbonyl (C=O) groups is 1. The van der Waals surface area contributed by atoms with E-state index in [-0.39, 0.29) is 11.7 Å². The number of nitrogens with zero attached hydrogens (tertiary/aromatic N) is 1. The van der Waals surface area contributed by atoms with Crippen LogP contribution in [0.15, 0.2) is 21.7 Å². The van der Waals surface area contributed by atoms with Crippen LogP contribution < -0.4 is 16.4 Å². The zero-order valence-corrected chi connectivity index (χ0v) is 13.4. The molecule has 6 nitrogen and oxygen atoms in total. The molecule has 2 N–H and O–H groups in total. The van der Waals surface area contributed by atoms with Crippen molar-refractivity contribution in [3.63, 3.8) is 0 Å². The summed E-state index contributed by atoms with van der Waals surface area (Å²) in [6, 6.07) is 3.70. The van der Waals surface area contributed by atoms with E-state index in [9.17, 15) is 14.4 Å². The Bertz CT molecular complexity index is 879. The van der Waals surface area contributed by atoms with Crippen LogP contribution in [0.1, 0.15) is 43.7 Å². The molecule has 23 heavy (non-hydrogen) atoms.